The number of aliphatic imine (C=N–C) groups is 1. The second kappa shape index (κ2) is 9.41. The zero-order valence-corrected chi connectivity index (χ0v) is 14.0. The summed E-state index contributed by atoms with van der Waals surface area (Å²) >= 11 is 0. The highest BCUT2D eigenvalue weighted by Gasteiger charge is 2.04. The van der Waals surface area contributed by atoms with E-state index in [1.54, 1.807) is 0 Å². The van der Waals surface area contributed by atoms with E-state index in [9.17, 15) is 17.2 Å². The second-order valence-corrected chi connectivity index (χ2v) is 6.71. The summed E-state index contributed by atoms with van der Waals surface area (Å²) in [5.41, 5.74) is 0.168. The second-order valence-electron chi connectivity index (χ2n) is 4.88. The predicted octanol–water partition coefficient (Wildman–Crippen LogP) is 0.959. The van der Waals surface area contributed by atoms with Crippen LogP contribution in [0.25, 0.3) is 0 Å². The highest BCUT2D eigenvalue weighted by atomic mass is 32.2. The summed E-state index contributed by atoms with van der Waals surface area (Å²) in [5, 5.41) is 5.98. The SMILES string of the molecule is CCNC(=NCc1cc(F)ccc1F)NCCCNS(C)(=O)=O. The van der Waals surface area contributed by atoms with E-state index in [0.717, 1.165) is 24.5 Å². The molecule has 0 fully saturated rings. The maximum absolute atomic E-state index is 13.5. The van der Waals surface area contributed by atoms with E-state index in [-0.39, 0.29) is 12.1 Å². The molecule has 0 saturated heterocycles. The monoisotopic (exact) mass is 348 g/mol. The van der Waals surface area contributed by atoms with Crippen molar-refractivity contribution >= 4 is 16.0 Å². The zero-order chi connectivity index (χ0) is 17.3. The fraction of sp³-hybridized carbons (Fsp3) is 0.500. The van der Waals surface area contributed by atoms with Gasteiger partial charge < -0.3 is 10.6 Å². The first-order valence-corrected chi connectivity index (χ1v) is 9.11. The highest BCUT2D eigenvalue weighted by molar-refractivity contribution is 7.88. The summed E-state index contributed by atoms with van der Waals surface area (Å²) in [6.45, 7) is 3.29. The Bertz CT molecular complexity index is 636. The van der Waals surface area contributed by atoms with Crippen molar-refractivity contribution in [2.75, 3.05) is 25.9 Å². The molecular weight excluding hydrogens is 326 g/mol. The number of benzene rings is 1. The molecule has 1 rings (SSSR count). The summed E-state index contributed by atoms with van der Waals surface area (Å²) in [6.07, 6.45) is 1.66. The molecule has 9 heteroatoms. The normalized spacial score (nSPS) is 12.3. The first-order valence-electron chi connectivity index (χ1n) is 7.22. The van der Waals surface area contributed by atoms with Crippen LogP contribution in [0, 0.1) is 11.6 Å². The topological polar surface area (TPSA) is 82.6 Å². The van der Waals surface area contributed by atoms with Gasteiger partial charge in [0, 0.05) is 25.2 Å². The van der Waals surface area contributed by atoms with E-state index in [0.29, 0.717) is 32.0 Å². The van der Waals surface area contributed by atoms with Gasteiger partial charge in [-0.25, -0.2) is 26.9 Å². The number of hydrogen-bond acceptors (Lipinski definition) is 3. The van der Waals surface area contributed by atoms with E-state index in [1.807, 2.05) is 6.92 Å². The van der Waals surface area contributed by atoms with E-state index in [4.69, 9.17) is 0 Å². The summed E-state index contributed by atoms with van der Waals surface area (Å²) < 4.78 is 50.8. The Kier molecular flexibility index (Phi) is 7.90. The number of nitrogens with zero attached hydrogens (tertiary/aromatic N) is 1. The highest BCUT2D eigenvalue weighted by Crippen LogP contribution is 2.10. The molecule has 1 aromatic carbocycles. The van der Waals surface area contributed by atoms with Crippen LogP contribution in [0.15, 0.2) is 23.2 Å². The van der Waals surface area contributed by atoms with Crippen molar-refractivity contribution in [2.24, 2.45) is 4.99 Å². The summed E-state index contributed by atoms with van der Waals surface area (Å²) in [7, 11) is -3.19. The van der Waals surface area contributed by atoms with E-state index in [1.165, 1.54) is 0 Å². The van der Waals surface area contributed by atoms with Crippen molar-refractivity contribution < 1.29 is 17.2 Å². The number of rotatable bonds is 8. The molecule has 0 radical (unpaired) electrons. The summed E-state index contributed by atoms with van der Waals surface area (Å²) in [6, 6.07) is 3.23. The minimum absolute atomic E-state index is 0.000512. The number of hydrogen-bond donors (Lipinski definition) is 3. The Morgan fingerprint density at radius 1 is 1.22 bits per heavy atom. The van der Waals surface area contributed by atoms with Gasteiger partial charge in [-0.15, -0.1) is 0 Å². The lowest BCUT2D eigenvalue weighted by atomic mass is 10.2. The molecule has 0 aliphatic heterocycles. The molecular formula is C14H22F2N4O2S. The van der Waals surface area contributed by atoms with Gasteiger partial charge in [-0.1, -0.05) is 0 Å². The molecule has 0 amide bonds. The molecule has 0 unspecified atom stereocenters. The van der Waals surface area contributed by atoms with Gasteiger partial charge in [0.25, 0.3) is 0 Å². The minimum Gasteiger partial charge on any atom is -0.357 e. The van der Waals surface area contributed by atoms with Crippen molar-refractivity contribution in [2.45, 2.75) is 19.9 Å². The number of halogens is 2. The van der Waals surface area contributed by atoms with E-state index < -0.39 is 21.7 Å². The minimum atomic E-state index is -3.19. The summed E-state index contributed by atoms with van der Waals surface area (Å²) in [5.74, 6) is -0.569. The molecule has 0 aromatic heterocycles. The van der Waals surface area contributed by atoms with Crippen LogP contribution in [0.3, 0.4) is 0 Å². The standard InChI is InChI=1S/C14H22F2N4O2S/c1-3-17-14(18-7-4-8-20-23(2,21)22)19-10-11-9-12(15)5-6-13(11)16/h5-6,9,20H,3-4,7-8,10H2,1-2H3,(H2,17,18,19). The Morgan fingerprint density at radius 2 is 1.96 bits per heavy atom. The third-order valence-electron chi connectivity index (χ3n) is 2.77. The first-order chi connectivity index (χ1) is 10.8. The maximum atomic E-state index is 13.5. The van der Waals surface area contributed by atoms with Gasteiger partial charge >= 0.3 is 0 Å². The van der Waals surface area contributed by atoms with Crippen LogP contribution in [0.1, 0.15) is 18.9 Å². The molecule has 0 bridgehead atoms. The fourth-order valence-corrected chi connectivity index (χ4v) is 2.24. The van der Waals surface area contributed by atoms with E-state index in [2.05, 4.69) is 20.3 Å². The van der Waals surface area contributed by atoms with Crippen LogP contribution < -0.4 is 15.4 Å². The molecule has 23 heavy (non-hydrogen) atoms. The molecule has 1 aromatic rings. The average molecular weight is 348 g/mol. The lowest BCUT2D eigenvalue weighted by Gasteiger charge is -2.11. The van der Waals surface area contributed by atoms with Gasteiger partial charge in [0.05, 0.1) is 12.8 Å². The van der Waals surface area contributed by atoms with Crippen molar-refractivity contribution in [3.63, 3.8) is 0 Å². The van der Waals surface area contributed by atoms with E-state index >= 15 is 0 Å². The largest absolute Gasteiger partial charge is 0.357 e. The van der Waals surface area contributed by atoms with Crippen LogP contribution in [0.4, 0.5) is 8.78 Å². The van der Waals surface area contributed by atoms with Crippen molar-refractivity contribution in [1.82, 2.24) is 15.4 Å². The predicted molar refractivity (Wildman–Crippen MR) is 86.6 cm³/mol. The Labute approximate surface area is 135 Å². The van der Waals surface area contributed by atoms with Gasteiger partial charge in [0.15, 0.2) is 5.96 Å². The number of nitrogens with one attached hydrogen (secondary N) is 3. The van der Waals surface area contributed by atoms with Gasteiger partial charge in [-0.2, -0.15) is 0 Å². The lowest BCUT2D eigenvalue weighted by Crippen LogP contribution is -2.38. The van der Waals surface area contributed by atoms with Crippen molar-refractivity contribution in [1.29, 1.82) is 0 Å². The van der Waals surface area contributed by atoms with Crippen LogP contribution >= 0.6 is 0 Å². The van der Waals surface area contributed by atoms with Gasteiger partial charge in [0.2, 0.25) is 10.0 Å². The molecule has 3 N–H and O–H groups in total. The van der Waals surface area contributed by atoms with Crippen LogP contribution in [0.5, 0.6) is 0 Å². The van der Waals surface area contributed by atoms with Crippen LogP contribution in [-0.4, -0.2) is 40.3 Å². The smallest absolute Gasteiger partial charge is 0.208 e. The quantitative estimate of drug-likeness (QED) is 0.371. The Balaban J connectivity index is 2.51. The molecule has 130 valence electrons. The van der Waals surface area contributed by atoms with Crippen molar-refractivity contribution in [3.8, 4) is 0 Å². The molecule has 0 aliphatic rings. The van der Waals surface area contributed by atoms with Crippen molar-refractivity contribution in [3.05, 3.63) is 35.4 Å². The molecule has 0 saturated carbocycles. The number of sulfonamides is 1. The molecule has 0 aliphatic carbocycles. The van der Waals surface area contributed by atoms with Crippen LogP contribution in [0.2, 0.25) is 0 Å². The fourth-order valence-electron chi connectivity index (χ4n) is 1.72. The number of guanidine groups is 1. The Morgan fingerprint density at radius 3 is 2.61 bits per heavy atom. The van der Waals surface area contributed by atoms with Gasteiger partial charge in [0.1, 0.15) is 11.6 Å². The molecule has 6 nitrogen and oxygen atoms in total. The maximum Gasteiger partial charge on any atom is 0.208 e. The molecule has 0 heterocycles. The lowest BCUT2D eigenvalue weighted by molar-refractivity contribution is 0.583. The van der Waals surface area contributed by atoms with Crippen LogP contribution in [-0.2, 0) is 16.6 Å². The van der Waals surface area contributed by atoms with Gasteiger partial charge in [-0.3, -0.25) is 0 Å². The third kappa shape index (κ3) is 8.46. The van der Waals surface area contributed by atoms with Gasteiger partial charge in [-0.05, 0) is 31.5 Å². The first kappa shape index (κ1) is 19.3. The zero-order valence-electron chi connectivity index (χ0n) is 13.2. The Hall–Kier alpha value is -1.74. The molecule has 0 spiro atoms. The molecule has 0 atom stereocenters. The average Bonchev–Trinajstić information content (AvgIpc) is 2.46. The third-order valence-corrected chi connectivity index (χ3v) is 3.50. The summed E-state index contributed by atoms with van der Waals surface area (Å²) in [4.78, 5) is 4.18.